The zero-order valence-electron chi connectivity index (χ0n) is 10.0. The number of primary amides is 1. The molecule has 3 N–H and O–H groups in total. The van der Waals surface area contributed by atoms with Crippen LogP contribution in [0.3, 0.4) is 0 Å². The molecule has 0 aliphatic heterocycles. The summed E-state index contributed by atoms with van der Waals surface area (Å²) in [6, 6.07) is 0. The van der Waals surface area contributed by atoms with Crippen molar-refractivity contribution < 1.29 is 4.79 Å². The summed E-state index contributed by atoms with van der Waals surface area (Å²) in [6.07, 6.45) is 1.74. The maximum atomic E-state index is 10.7. The molecule has 0 saturated carbocycles. The monoisotopic (exact) mass is 255 g/mol. The number of likely N-dealkylation sites (N-methyl/N-ethyl adjacent to an activating group) is 1. The van der Waals surface area contributed by atoms with E-state index in [0.717, 1.165) is 10.8 Å². The number of nitrogens with one attached hydrogen (secondary N) is 1. The Bertz CT molecular complexity index is 376. The molecule has 1 rings (SSSR count). The average molecular weight is 255 g/mol. The molecule has 1 aromatic rings. The van der Waals surface area contributed by atoms with Crippen molar-refractivity contribution in [1.29, 1.82) is 0 Å². The van der Waals surface area contributed by atoms with E-state index in [2.05, 4.69) is 15.3 Å². The Morgan fingerprint density at radius 2 is 2.47 bits per heavy atom. The van der Waals surface area contributed by atoms with Crippen molar-refractivity contribution in [2.45, 2.75) is 0 Å². The van der Waals surface area contributed by atoms with Gasteiger partial charge in [0.25, 0.3) is 0 Å². The Morgan fingerprint density at radius 3 is 3.00 bits per heavy atom. The molecule has 0 unspecified atom stereocenters. The van der Waals surface area contributed by atoms with Crippen molar-refractivity contribution in [2.75, 3.05) is 33.7 Å². The third-order valence-electron chi connectivity index (χ3n) is 2.07. The first-order chi connectivity index (χ1) is 8.13. The van der Waals surface area contributed by atoms with E-state index >= 15 is 0 Å². The van der Waals surface area contributed by atoms with Crippen molar-refractivity contribution in [3.63, 3.8) is 0 Å². The van der Waals surface area contributed by atoms with Gasteiger partial charge in [-0.2, -0.15) is 0 Å². The number of thiazole rings is 1. The van der Waals surface area contributed by atoms with Gasteiger partial charge in [-0.15, -0.1) is 11.3 Å². The van der Waals surface area contributed by atoms with Crippen LogP contribution in [0.4, 0.5) is 0 Å². The van der Waals surface area contributed by atoms with Gasteiger partial charge in [0.2, 0.25) is 5.91 Å². The molecule has 1 heterocycles. The molecule has 0 aliphatic rings. The molecule has 0 bridgehead atoms. The molecule has 0 fully saturated rings. The second-order valence-corrected chi connectivity index (χ2v) is 4.43. The molecule has 1 amide bonds. The topological polar surface area (TPSA) is 83.6 Å². The van der Waals surface area contributed by atoms with E-state index in [0.29, 0.717) is 13.1 Å². The lowest BCUT2D eigenvalue weighted by molar-refractivity contribution is -0.118. The Labute approximate surface area is 105 Å². The van der Waals surface area contributed by atoms with Gasteiger partial charge in [-0.3, -0.25) is 14.7 Å². The molecule has 94 valence electrons. The van der Waals surface area contributed by atoms with Gasteiger partial charge in [-0.05, 0) is 7.05 Å². The molecular weight excluding hydrogens is 238 g/mol. The first-order valence-electron chi connectivity index (χ1n) is 5.21. The second-order valence-electron chi connectivity index (χ2n) is 3.54. The molecule has 0 spiro atoms. The zero-order valence-corrected chi connectivity index (χ0v) is 10.8. The Kier molecular flexibility index (Phi) is 5.58. The van der Waals surface area contributed by atoms with E-state index in [1.54, 1.807) is 13.2 Å². The summed E-state index contributed by atoms with van der Waals surface area (Å²) in [4.78, 5) is 20.8. The molecule has 6 nitrogen and oxygen atoms in total. The maximum absolute atomic E-state index is 10.7. The van der Waals surface area contributed by atoms with Crippen LogP contribution >= 0.6 is 11.3 Å². The van der Waals surface area contributed by atoms with Gasteiger partial charge >= 0.3 is 0 Å². The van der Waals surface area contributed by atoms with Crippen LogP contribution < -0.4 is 11.1 Å². The molecule has 7 heteroatoms. The summed E-state index contributed by atoms with van der Waals surface area (Å²) in [5.41, 5.74) is 5.10. The summed E-state index contributed by atoms with van der Waals surface area (Å²) in [5, 5.41) is 5.95. The predicted molar refractivity (Wildman–Crippen MR) is 69.3 cm³/mol. The van der Waals surface area contributed by atoms with Crippen molar-refractivity contribution in [2.24, 2.45) is 10.7 Å². The number of rotatable bonds is 6. The molecular formula is C10H17N5OS. The molecule has 1 aromatic heterocycles. The van der Waals surface area contributed by atoms with Gasteiger partial charge < -0.3 is 11.1 Å². The lowest BCUT2D eigenvalue weighted by Gasteiger charge is -2.15. The van der Waals surface area contributed by atoms with Crippen LogP contribution in [-0.2, 0) is 4.79 Å². The third-order valence-corrected chi connectivity index (χ3v) is 2.85. The number of aromatic nitrogens is 1. The van der Waals surface area contributed by atoms with Gasteiger partial charge in [-0.25, -0.2) is 4.98 Å². The van der Waals surface area contributed by atoms with Crippen LogP contribution in [0.5, 0.6) is 0 Å². The third kappa shape index (κ3) is 4.92. The minimum atomic E-state index is -0.322. The van der Waals surface area contributed by atoms with Gasteiger partial charge in [0.1, 0.15) is 0 Å². The standard InChI is InChI=1S/C10H17N5OS/c1-12-9(10-14-4-6-17-10)13-3-5-15(2)7-8(11)16/h4,6H,3,5,7H2,1-2H3,(H2,11,16)(H,12,13). The van der Waals surface area contributed by atoms with Crippen LogP contribution in [0.25, 0.3) is 0 Å². The molecule has 0 radical (unpaired) electrons. The van der Waals surface area contributed by atoms with Gasteiger partial charge in [0, 0.05) is 31.7 Å². The fraction of sp³-hybridized carbons (Fsp3) is 0.500. The fourth-order valence-corrected chi connectivity index (χ4v) is 1.95. The molecule has 0 atom stereocenters. The van der Waals surface area contributed by atoms with Gasteiger partial charge in [0.15, 0.2) is 10.8 Å². The van der Waals surface area contributed by atoms with Gasteiger partial charge in [-0.1, -0.05) is 0 Å². The highest BCUT2D eigenvalue weighted by atomic mass is 32.1. The van der Waals surface area contributed by atoms with E-state index in [4.69, 9.17) is 5.73 Å². The first-order valence-corrected chi connectivity index (χ1v) is 6.09. The SMILES string of the molecule is C/N=C(\NCCN(C)CC(N)=O)c1nccs1. The van der Waals surface area contributed by atoms with Crippen LogP contribution in [0.2, 0.25) is 0 Å². The minimum absolute atomic E-state index is 0.261. The fourth-order valence-electron chi connectivity index (χ4n) is 1.30. The van der Waals surface area contributed by atoms with Crippen molar-refractivity contribution in [3.05, 3.63) is 16.6 Å². The first kappa shape index (κ1) is 13.6. The lowest BCUT2D eigenvalue weighted by Crippen LogP contribution is -2.37. The Hall–Kier alpha value is -1.47. The van der Waals surface area contributed by atoms with E-state index in [-0.39, 0.29) is 12.5 Å². The van der Waals surface area contributed by atoms with Crippen LogP contribution in [0.15, 0.2) is 16.6 Å². The van der Waals surface area contributed by atoms with E-state index in [1.807, 2.05) is 17.3 Å². The summed E-state index contributed by atoms with van der Waals surface area (Å²) < 4.78 is 0. The van der Waals surface area contributed by atoms with Gasteiger partial charge in [0.05, 0.1) is 6.54 Å². The number of nitrogens with two attached hydrogens (primary N) is 1. The zero-order chi connectivity index (χ0) is 12.7. The number of nitrogens with zero attached hydrogens (tertiary/aromatic N) is 3. The van der Waals surface area contributed by atoms with Crippen molar-refractivity contribution >= 4 is 23.1 Å². The Morgan fingerprint density at radius 1 is 1.71 bits per heavy atom. The molecule has 17 heavy (non-hydrogen) atoms. The van der Waals surface area contributed by atoms with E-state index < -0.39 is 0 Å². The second kappa shape index (κ2) is 6.97. The molecule has 0 aromatic carbocycles. The highest BCUT2D eigenvalue weighted by Gasteiger charge is 2.06. The van der Waals surface area contributed by atoms with Crippen molar-refractivity contribution in [3.8, 4) is 0 Å². The maximum Gasteiger partial charge on any atom is 0.231 e. The highest BCUT2D eigenvalue weighted by Crippen LogP contribution is 2.03. The number of carbonyl (C=O) groups is 1. The van der Waals surface area contributed by atoms with Crippen LogP contribution in [0.1, 0.15) is 5.01 Å². The normalized spacial score (nSPS) is 11.8. The average Bonchev–Trinajstić information content (AvgIpc) is 2.76. The summed E-state index contributed by atoms with van der Waals surface area (Å²) in [7, 11) is 3.56. The van der Waals surface area contributed by atoms with E-state index in [9.17, 15) is 4.79 Å². The van der Waals surface area contributed by atoms with Crippen LogP contribution in [-0.4, -0.2) is 55.4 Å². The van der Waals surface area contributed by atoms with E-state index in [1.165, 1.54) is 11.3 Å². The summed E-state index contributed by atoms with van der Waals surface area (Å²) in [6.45, 7) is 1.67. The van der Waals surface area contributed by atoms with Crippen molar-refractivity contribution in [1.82, 2.24) is 15.2 Å². The number of hydrogen-bond acceptors (Lipinski definition) is 5. The number of carbonyl (C=O) groups excluding carboxylic acids is 1. The number of amides is 1. The lowest BCUT2D eigenvalue weighted by atomic mass is 10.4. The quantitative estimate of drug-likeness (QED) is 0.531. The summed E-state index contributed by atoms with van der Waals surface area (Å²) >= 11 is 1.53. The molecule has 0 aliphatic carbocycles. The number of hydrogen-bond donors (Lipinski definition) is 2. The Balaban J connectivity index is 2.33. The predicted octanol–water partition coefficient (Wildman–Crippen LogP) is -0.474. The number of amidine groups is 1. The molecule has 0 saturated heterocycles. The number of aliphatic imine (C=N–C) groups is 1. The highest BCUT2D eigenvalue weighted by molar-refractivity contribution is 7.11. The minimum Gasteiger partial charge on any atom is -0.369 e. The van der Waals surface area contributed by atoms with Crippen LogP contribution in [0, 0.1) is 0 Å². The summed E-state index contributed by atoms with van der Waals surface area (Å²) in [5.74, 6) is 0.448. The largest absolute Gasteiger partial charge is 0.369 e. The smallest absolute Gasteiger partial charge is 0.231 e.